The molecule has 3 heteroatoms. The Morgan fingerprint density at radius 2 is 1.18 bits per heavy atom. The predicted molar refractivity (Wildman–Crippen MR) is 86.1 cm³/mol. The van der Waals surface area contributed by atoms with E-state index in [9.17, 15) is 0 Å². The molecule has 0 N–H and O–H groups in total. The molecule has 0 atom stereocenters. The van der Waals surface area contributed by atoms with Crippen molar-refractivity contribution in [1.29, 1.82) is 0 Å². The van der Waals surface area contributed by atoms with Crippen molar-refractivity contribution in [3.63, 3.8) is 0 Å². The van der Waals surface area contributed by atoms with Crippen molar-refractivity contribution in [2.24, 2.45) is 0 Å². The molecule has 1 heterocycles. The maximum atomic E-state index is 6.90. The SMILES string of the molecule is CCCC[Si]1(Cl)C[Si](CCCC)(CCCC)C1. The van der Waals surface area contributed by atoms with Gasteiger partial charge in [0.05, 0.1) is 8.07 Å². The summed E-state index contributed by atoms with van der Waals surface area (Å²) in [6.45, 7) is 6.97. The fourth-order valence-electron chi connectivity index (χ4n) is 3.54. The topological polar surface area (TPSA) is 0 Å². The molecule has 1 saturated heterocycles. The Balaban J connectivity index is 2.41. The van der Waals surface area contributed by atoms with E-state index in [1.807, 2.05) is 0 Å². The summed E-state index contributed by atoms with van der Waals surface area (Å²) in [5.41, 5.74) is 3.14. The summed E-state index contributed by atoms with van der Waals surface area (Å²) in [4.78, 5) is 0. The van der Waals surface area contributed by atoms with Crippen LogP contribution in [0.1, 0.15) is 59.3 Å². The molecular formula is C14H31ClSi2. The second-order valence-corrected chi connectivity index (χ2v) is 18.4. The zero-order chi connectivity index (χ0) is 12.8. The molecule has 1 fully saturated rings. The van der Waals surface area contributed by atoms with Crippen LogP contribution in [0.4, 0.5) is 0 Å². The Morgan fingerprint density at radius 1 is 0.765 bits per heavy atom. The van der Waals surface area contributed by atoms with Crippen LogP contribution in [0, 0.1) is 0 Å². The van der Waals surface area contributed by atoms with Gasteiger partial charge >= 0.3 is 0 Å². The van der Waals surface area contributed by atoms with Crippen LogP contribution in [0.2, 0.25) is 29.5 Å². The molecule has 0 unspecified atom stereocenters. The van der Waals surface area contributed by atoms with Crippen LogP contribution < -0.4 is 0 Å². The van der Waals surface area contributed by atoms with Gasteiger partial charge in [-0.05, 0) is 17.4 Å². The molecule has 0 aromatic carbocycles. The molecule has 102 valence electrons. The Labute approximate surface area is 115 Å². The van der Waals surface area contributed by atoms with Gasteiger partial charge in [0.2, 0.25) is 0 Å². The fourth-order valence-corrected chi connectivity index (χ4v) is 27.1. The highest BCUT2D eigenvalue weighted by Crippen LogP contribution is 2.51. The van der Waals surface area contributed by atoms with Gasteiger partial charge in [-0.15, -0.1) is 0 Å². The summed E-state index contributed by atoms with van der Waals surface area (Å²) in [6, 6.07) is 4.60. The second kappa shape index (κ2) is 7.35. The van der Waals surface area contributed by atoms with Gasteiger partial charge in [-0.3, -0.25) is 0 Å². The third-order valence-electron chi connectivity index (χ3n) is 4.48. The molecule has 0 spiro atoms. The van der Waals surface area contributed by atoms with Gasteiger partial charge in [-0.1, -0.05) is 71.4 Å². The molecule has 1 aliphatic rings. The van der Waals surface area contributed by atoms with E-state index in [0.29, 0.717) is 0 Å². The molecule has 1 rings (SSSR count). The Kier molecular flexibility index (Phi) is 6.82. The lowest BCUT2D eigenvalue weighted by atomic mass is 10.4. The smallest absolute Gasteiger partial charge is 0.151 e. The molecule has 0 aromatic rings. The first kappa shape index (κ1) is 15.8. The summed E-state index contributed by atoms with van der Waals surface area (Å²) >= 11 is 6.90. The van der Waals surface area contributed by atoms with Crippen molar-refractivity contribution in [2.45, 2.75) is 88.8 Å². The van der Waals surface area contributed by atoms with Crippen LogP contribution in [-0.4, -0.2) is 15.5 Å². The van der Waals surface area contributed by atoms with Gasteiger partial charge in [0, 0.05) is 0 Å². The summed E-state index contributed by atoms with van der Waals surface area (Å²) in [5.74, 6) is 0. The maximum absolute atomic E-state index is 6.90. The fraction of sp³-hybridized carbons (Fsp3) is 1.00. The normalized spacial score (nSPS) is 21.2. The molecular weight excluding hydrogens is 260 g/mol. The van der Waals surface area contributed by atoms with Gasteiger partial charge in [0.1, 0.15) is 0 Å². The Bertz CT molecular complexity index is 202. The summed E-state index contributed by atoms with van der Waals surface area (Å²) in [5, 5.41) is 0. The van der Waals surface area contributed by atoms with Crippen LogP contribution >= 0.6 is 11.1 Å². The van der Waals surface area contributed by atoms with Crippen molar-refractivity contribution in [1.82, 2.24) is 0 Å². The molecule has 0 amide bonds. The lowest BCUT2D eigenvalue weighted by Gasteiger charge is -2.51. The zero-order valence-corrected chi connectivity index (χ0v) is 14.9. The second-order valence-electron chi connectivity index (χ2n) is 6.32. The van der Waals surface area contributed by atoms with Gasteiger partial charge in [-0.2, -0.15) is 11.1 Å². The van der Waals surface area contributed by atoms with Crippen molar-refractivity contribution >= 4 is 26.5 Å². The Morgan fingerprint density at radius 3 is 1.59 bits per heavy atom. The summed E-state index contributed by atoms with van der Waals surface area (Å²) < 4.78 is 0. The first-order valence-electron chi connectivity index (χ1n) is 7.79. The van der Waals surface area contributed by atoms with Crippen LogP contribution in [-0.2, 0) is 0 Å². The third-order valence-corrected chi connectivity index (χ3v) is 22.6. The van der Waals surface area contributed by atoms with Crippen LogP contribution in [0.15, 0.2) is 0 Å². The molecule has 0 aromatic heterocycles. The van der Waals surface area contributed by atoms with E-state index < -0.39 is 15.5 Å². The maximum Gasteiger partial charge on any atom is 0.151 e. The lowest BCUT2D eigenvalue weighted by molar-refractivity contribution is 0.813. The minimum atomic E-state index is -1.22. The highest BCUT2D eigenvalue weighted by Gasteiger charge is 2.54. The summed E-state index contributed by atoms with van der Waals surface area (Å²) in [7, 11) is -2.06. The first-order chi connectivity index (χ1) is 8.10. The minimum absolute atomic E-state index is 0.840. The average molecular weight is 291 g/mol. The van der Waals surface area contributed by atoms with Gasteiger partial charge in [0.15, 0.2) is 7.38 Å². The van der Waals surface area contributed by atoms with Gasteiger partial charge in [-0.25, -0.2) is 0 Å². The highest BCUT2D eigenvalue weighted by molar-refractivity contribution is 7.35. The Hall–Kier alpha value is 0.724. The van der Waals surface area contributed by atoms with Gasteiger partial charge in [0.25, 0.3) is 0 Å². The van der Waals surface area contributed by atoms with Crippen molar-refractivity contribution in [3.8, 4) is 0 Å². The van der Waals surface area contributed by atoms with Crippen LogP contribution in [0.5, 0.6) is 0 Å². The monoisotopic (exact) mass is 290 g/mol. The first-order valence-corrected chi connectivity index (χ1v) is 14.2. The van der Waals surface area contributed by atoms with Crippen molar-refractivity contribution < 1.29 is 0 Å². The van der Waals surface area contributed by atoms with Crippen molar-refractivity contribution in [3.05, 3.63) is 0 Å². The van der Waals surface area contributed by atoms with E-state index in [-0.39, 0.29) is 0 Å². The van der Waals surface area contributed by atoms with Crippen LogP contribution in [0.25, 0.3) is 0 Å². The van der Waals surface area contributed by atoms with E-state index in [0.717, 1.165) is 0 Å². The molecule has 0 aliphatic carbocycles. The highest BCUT2D eigenvalue weighted by atomic mass is 35.6. The molecule has 0 radical (unpaired) electrons. The standard InChI is InChI=1S/C14H31ClSi2/c1-4-7-10-16(11-8-5-2)13-17(15,14-16)12-9-6-3/h4-14H2,1-3H3. The van der Waals surface area contributed by atoms with Crippen LogP contribution in [0.3, 0.4) is 0 Å². The van der Waals surface area contributed by atoms with Gasteiger partial charge < -0.3 is 0 Å². The quantitative estimate of drug-likeness (QED) is 0.355. The average Bonchev–Trinajstić information content (AvgIpc) is 2.29. The number of unbranched alkanes of at least 4 members (excludes halogenated alkanes) is 3. The summed E-state index contributed by atoms with van der Waals surface area (Å²) in [6.07, 6.45) is 8.44. The number of hydrogen-bond acceptors (Lipinski definition) is 0. The van der Waals surface area contributed by atoms with E-state index >= 15 is 0 Å². The number of hydrogen-bond donors (Lipinski definition) is 0. The lowest BCUT2D eigenvalue weighted by Crippen LogP contribution is -2.59. The molecule has 1 aliphatic heterocycles. The molecule has 0 bridgehead atoms. The van der Waals surface area contributed by atoms with E-state index in [1.54, 1.807) is 23.4 Å². The third kappa shape index (κ3) is 4.72. The van der Waals surface area contributed by atoms with E-state index in [2.05, 4.69) is 20.8 Å². The largest absolute Gasteiger partial charge is 0.168 e. The van der Waals surface area contributed by atoms with E-state index in [4.69, 9.17) is 11.1 Å². The van der Waals surface area contributed by atoms with Crippen molar-refractivity contribution in [2.75, 3.05) is 0 Å². The minimum Gasteiger partial charge on any atom is -0.168 e. The predicted octanol–water partition coefficient (Wildman–Crippen LogP) is 6.11. The molecule has 17 heavy (non-hydrogen) atoms. The zero-order valence-electron chi connectivity index (χ0n) is 12.2. The molecule has 0 saturated carbocycles. The number of rotatable bonds is 9. The molecule has 0 nitrogen and oxygen atoms in total. The van der Waals surface area contributed by atoms with E-state index in [1.165, 1.54) is 44.6 Å². The number of halogens is 1.